The van der Waals surface area contributed by atoms with Gasteiger partial charge in [0.15, 0.2) is 12.5 Å². The second-order valence-electron chi connectivity index (χ2n) is 9.20. The first-order valence-corrected chi connectivity index (χ1v) is 10.9. The molecule has 5 nitrogen and oxygen atoms in total. The summed E-state index contributed by atoms with van der Waals surface area (Å²) in [5, 5.41) is 20.0. The van der Waals surface area contributed by atoms with Crippen molar-refractivity contribution >= 4 is 38.0 Å². The Bertz CT molecular complexity index is 1370. The van der Waals surface area contributed by atoms with E-state index in [0.29, 0.717) is 5.56 Å². The number of fused-ring (bicyclic) bond motifs is 5. The first kappa shape index (κ1) is 20.7. The van der Waals surface area contributed by atoms with E-state index in [1.165, 1.54) is 0 Å². The normalized spacial score (nSPS) is 20.6. The second-order valence-corrected chi connectivity index (χ2v) is 9.20. The summed E-state index contributed by atoms with van der Waals surface area (Å²) < 4.78 is 6.19. The maximum Gasteiger partial charge on any atom is 0.196 e. The number of hydrogen-bond acceptors (Lipinski definition) is 5. The highest BCUT2D eigenvalue weighted by atomic mass is 17.2. The molecule has 0 bridgehead atoms. The molecule has 1 aliphatic heterocycles. The van der Waals surface area contributed by atoms with Gasteiger partial charge < -0.3 is 10.1 Å². The Morgan fingerprint density at radius 1 is 0.938 bits per heavy atom. The minimum absolute atomic E-state index is 0.134. The maximum absolute atomic E-state index is 10.1. The molecule has 4 aromatic carbocycles. The molecule has 0 radical (unpaired) electrons. The third-order valence-electron chi connectivity index (χ3n) is 6.09. The topological polar surface area (TPSA) is 63.5 Å². The SMILES string of the molecule is CC(C)C1OOC(C)(C)C(Nc2cccc3c2c(C#N)cc2c4ccccc4ccc32)O1. The van der Waals surface area contributed by atoms with Crippen LogP contribution in [0.2, 0.25) is 0 Å². The average Bonchev–Trinajstić information content (AvgIpc) is 2.79. The van der Waals surface area contributed by atoms with Gasteiger partial charge in [-0.25, -0.2) is 9.78 Å². The molecular weight excluding hydrogens is 400 g/mol. The van der Waals surface area contributed by atoms with Crippen LogP contribution in [0.15, 0.2) is 60.7 Å². The molecule has 1 N–H and O–H groups in total. The molecule has 1 heterocycles. The van der Waals surface area contributed by atoms with Gasteiger partial charge in [0.05, 0.1) is 11.6 Å². The van der Waals surface area contributed by atoms with E-state index < -0.39 is 18.1 Å². The molecule has 0 amide bonds. The largest absolute Gasteiger partial charge is 0.357 e. The number of ether oxygens (including phenoxy) is 1. The number of hydrogen-bond donors (Lipinski definition) is 1. The van der Waals surface area contributed by atoms with Crippen molar-refractivity contribution < 1.29 is 14.5 Å². The Morgan fingerprint density at radius 2 is 1.72 bits per heavy atom. The molecule has 2 unspecified atom stereocenters. The van der Waals surface area contributed by atoms with Gasteiger partial charge in [0.1, 0.15) is 5.60 Å². The number of anilines is 1. The van der Waals surface area contributed by atoms with Gasteiger partial charge in [-0.1, -0.05) is 62.4 Å². The van der Waals surface area contributed by atoms with E-state index in [1.54, 1.807) is 0 Å². The smallest absolute Gasteiger partial charge is 0.196 e. The molecule has 32 heavy (non-hydrogen) atoms. The molecule has 4 aromatic rings. The summed E-state index contributed by atoms with van der Waals surface area (Å²) in [7, 11) is 0. The predicted molar refractivity (Wildman–Crippen MR) is 127 cm³/mol. The zero-order valence-electron chi connectivity index (χ0n) is 18.7. The Kier molecular flexibility index (Phi) is 5.02. The predicted octanol–water partition coefficient (Wildman–Crippen LogP) is 6.49. The average molecular weight is 427 g/mol. The van der Waals surface area contributed by atoms with Crippen LogP contribution in [-0.4, -0.2) is 18.1 Å². The molecule has 5 rings (SSSR count). The van der Waals surface area contributed by atoms with Crippen LogP contribution in [0, 0.1) is 17.2 Å². The van der Waals surface area contributed by atoms with Crippen molar-refractivity contribution in [3.63, 3.8) is 0 Å². The first-order valence-electron chi connectivity index (χ1n) is 10.9. The van der Waals surface area contributed by atoms with Gasteiger partial charge in [-0.3, -0.25) is 0 Å². The van der Waals surface area contributed by atoms with Crippen LogP contribution < -0.4 is 5.32 Å². The summed E-state index contributed by atoms with van der Waals surface area (Å²) in [6, 6.07) is 23.0. The van der Waals surface area contributed by atoms with Crippen molar-refractivity contribution in [1.82, 2.24) is 0 Å². The van der Waals surface area contributed by atoms with Crippen LogP contribution >= 0.6 is 0 Å². The molecule has 2 atom stereocenters. The van der Waals surface area contributed by atoms with Crippen molar-refractivity contribution in [2.24, 2.45) is 5.92 Å². The lowest BCUT2D eigenvalue weighted by Gasteiger charge is -2.42. The number of benzene rings is 4. The Hall–Kier alpha value is -3.17. The number of rotatable bonds is 3. The van der Waals surface area contributed by atoms with Gasteiger partial charge in [-0.2, -0.15) is 5.26 Å². The fourth-order valence-corrected chi connectivity index (χ4v) is 4.33. The van der Waals surface area contributed by atoms with Crippen LogP contribution in [0.25, 0.3) is 32.3 Å². The molecule has 5 heteroatoms. The Labute approximate surface area is 187 Å². The molecule has 1 aliphatic rings. The molecule has 162 valence electrons. The lowest BCUT2D eigenvalue weighted by atomic mass is 9.93. The van der Waals surface area contributed by atoms with E-state index in [0.717, 1.165) is 38.0 Å². The van der Waals surface area contributed by atoms with E-state index in [9.17, 15) is 5.26 Å². The minimum Gasteiger partial charge on any atom is -0.357 e. The van der Waals surface area contributed by atoms with Gasteiger partial charge in [0.25, 0.3) is 0 Å². The molecule has 1 saturated heterocycles. The molecular formula is C27H26N2O3. The zero-order chi connectivity index (χ0) is 22.5. The Morgan fingerprint density at radius 3 is 2.50 bits per heavy atom. The lowest BCUT2D eigenvalue weighted by Crippen LogP contribution is -2.54. The summed E-state index contributed by atoms with van der Waals surface area (Å²) in [6.45, 7) is 7.87. The summed E-state index contributed by atoms with van der Waals surface area (Å²) in [4.78, 5) is 11.1. The lowest BCUT2D eigenvalue weighted by molar-refractivity contribution is -0.485. The van der Waals surface area contributed by atoms with Gasteiger partial charge >= 0.3 is 0 Å². The molecule has 0 aliphatic carbocycles. The van der Waals surface area contributed by atoms with E-state index in [-0.39, 0.29) is 5.92 Å². The quantitative estimate of drug-likeness (QED) is 0.299. The number of nitrogens with one attached hydrogen (secondary N) is 1. The van der Waals surface area contributed by atoms with Crippen molar-refractivity contribution in [1.29, 1.82) is 5.26 Å². The van der Waals surface area contributed by atoms with Crippen molar-refractivity contribution in [2.75, 3.05) is 5.32 Å². The maximum atomic E-state index is 10.1. The molecule has 0 saturated carbocycles. The highest BCUT2D eigenvalue weighted by Gasteiger charge is 2.41. The molecule has 1 fully saturated rings. The fraction of sp³-hybridized carbons (Fsp3) is 0.296. The van der Waals surface area contributed by atoms with Crippen LogP contribution in [0.5, 0.6) is 0 Å². The highest BCUT2D eigenvalue weighted by molar-refractivity contribution is 6.20. The summed E-state index contributed by atoms with van der Waals surface area (Å²) in [6.07, 6.45) is -0.925. The van der Waals surface area contributed by atoms with E-state index in [1.807, 2.05) is 58.0 Å². The Balaban J connectivity index is 1.68. The van der Waals surface area contributed by atoms with Crippen LogP contribution in [-0.2, 0) is 14.5 Å². The standard InChI is InChI=1S/C27H26N2O3/c1-16(2)25-30-26(27(3,4)32-31-25)29-23-11-7-10-21-20-13-12-17-8-5-6-9-19(17)22(20)14-18(15-28)24(21)23/h5-14,16,25-26,29H,1-4H3. The minimum atomic E-state index is -0.715. The van der Waals surface area contributed by atoms with Crippen molar-refractivity contribution in [2.45, 2.75) is 45.8 Å². The van der Waals surface area contributed by atoms with Gasteiger partial charge in [-0.05, 0) is 52.9 Å². The summed E-state index contributed by atoms with van der Waals surface area (Å²) >= 11 is 0. The van der Waals surface area contributed by atoms with Gasteiger partial charge in [-0.15, -0.1) is 0 Å². The number of nitriles is 1. The monoisotopic (exact) mass is 426 g/mol. The third kappa shape index (κ3) is 3.37. The van der Waals surface area contributed by atoms with Crippen LogP contribution in [0.1, 0.15) is 33.3 Å². The third-order valence-corrected chi connectivity index (χ3v) is 6.09. The second kappa shape index (κ2) is 7.75. The molecule has 0 spiro atoms. The zero-order valence-corrected chi connectivity index (χ0v) is 18.7. The fourth-order valence-electron chi connectivity index (χ4n) is 4.33. The first-order chi connectivity index (χ1) is 15.4. The van der Waals surface area contributed by atoms with E-state index in [2.05, 4.69) is 41.7 Å². The van der Waals surface area contributed by atoms with Gasteiger partial charge in [0.2, 0.25) is 0 Å². The van der Waals surface area contributed by atoms with Crippen LogP contribution in [0.4, 0.5) is 5.69 Å². The number of nitrogens with zero attached hydrogens (tertiary/aromatic N) is 1. The van der Waals surface area contributed by atoms with Crippen molar-refractivity contribution in [3.8, 4) is 6.07 Å². The van der Waals surface area contributed by atoms with E-state index in [4.69, 9.17) is 14.5 Å². The van der Waals surface area contributed by atoms with E-state index >= 15 is 0 Å². The van der Waals surface area contributed by atoms with Crippen molar-refractivity contribution in [3.05, 3.63) is 66.2 Å². The van der Waals surface area contributed by atoms with Crippen LogP contribution in [0.3, 0.4) is 0 Å². The highest BCUT2D eigenvalue weighted by Crippen LogP contribution is 2.38. The van der Waals surface area contributed by atoms with Gasteiger partial charge in [0, 0.05) is 17.0 Å². The summed E-state index contributed by atoms with van der Waals surface area (Å²) in [5.41, 5.74) is 0.742. The molecule has 0 aromatic heterocycles. The summed E-state index contributed by atoms with van der Waals surface area (Å²) in [5.74, 6) is 0.134.